The molecular formula is C28H28ClN3O2. The van der Waals surface area contributed by atoms with Gasteiger partial charge in [-0.2, -0.15) is 5.10 Å². The zero-order valence-electron chi connectivity index (χ0n) is 19.3. The van der Waals surface area contributed by atoms with Crippen molar-refractivity contribution in [3.63, 3.8) is 0 Å². The fourth-order valence-electron chi connectivity index (χ4n) is 4.52. The van der Waals surface area contributed by atoms with Gasteiger partial charge in [-0.3, -0.25) is 9.89 Å². The predicted octanol–water partition coefficient (Wildman–Crippen LogP) is 5.71. The molecule has 1 aliphatic rings. The minimum absolute atomic E-state index is 0.132. The summed E-state index contributed by atoms with van der Waals surface area (Å²) >= 11 is 6.22. The maximum Gasteiger partial charge on any atom is 0.141 e. The summed E-state index contributed by atoms with van der Waals surface area (Å²) in [4.78, 5) is 15.0. The van der Waals surface area contributed by atoms with E-state index in [-0.39, 0.29) is 11.9 Å². The average molecular weight is 474 g/mol. The van der Waals surface area contributed by atoms with Crippen LogP contribution < -0.4 is 4.74 Å². The molecule has 1 saturated heterocycles. The van der Waals surface area contributed by atoms with Crippen LogP contribution in [0.5, 0.6) is 5.75 Å². The average Bonchev–Trinajstić information content (AvgIpc) is 3.26. The Morgan fingerprint density at radius 3 is 2.59 bits per heavy atom. The van der Waals surface area contributed by atoms with Gasteiger partial charge in [-0.1, -0.05) is 35.9 Å². The summed E-state index contributed by atoms with van der Waals surface area (Å²) in [6, 6.07) is 21.7. The molecule has 0 spiro atoms. The number of fused-ring (bicyclic) bond motifs is 1. The number of nitrogens with one attached hydrogen (secondary N) is 1. The highest BCUT2D eigenvalue weighted by molar-refractivity contribution is 6.31. The van der Waals surface area contributed by atoms with Gasteiger partial charge in [0.2, 0.25) is 0 Å². The van der Waals surface area contributed by atoms with Crippen LogP contribution in [0, 0.1) is 0 Å². The predicted molar refractivity (Wildman–Crippen MR) is 137 cm³/mol. The molecule has 3 aromatic carbocycles. The highest BCUT2D eigenvalue weighted by Crippen LogP contribution is 2.29. The molecule has 0 aliphatic carbocycles. The van der Waals surface area contributed by atoms with Gasteiger partial charge in [0.25, 0.3) is 0 Å². The van der Waals surface area contributed by atoms with Crippen LogP contribution in [-0.4, -0.2) is 47.1 Å². The molecule has 34 heavy (non-hydrogen) atoms. The zero-order valence-corrected chi connectivity index (χ0v) is 20.0. The molecule has 0 amide bonds. The molecule has 1 N–H and O–H groups in total. The van der Waals surface area contributed by atoms with Crippen LogP contribution in [0.25, 0.3) is 22.2 Å². The number of ether oxygens (including phenoxy) is 1. The molecule has 1 aromatic heterocycles. The molecule has 1 aliphatic heterocycles. The van der Waals surface area contributed by atoms with Gasteiger partial charge < -0.3 is 9.64 Å². The number of benzene rings is 3. The summed E-state index contributed by atoms with van der Waals surface area (Å²) < 4.78 is 6.18. The van der Waals surface area contributed by atoms with Crippen LogP contribution in [-0.2, 0) is 17.6 Å². The lowest BCUT2D eigenvalue weighted by Crippen LogP contribution is -2.35. The van der Waals surface area contributed by atoms with Crippen molar-refractivity contribution < 1.29 is 9.53 Å². The van der Waals surface area contributed by atoms with Crippen molar-refractivity contribution in [2.24, 2.45) is 0 Å². The van der Waals surface area contributed by atoms with Crippen LogP contribution in [0.4, 0.5) is 0 Å². The van der Waals surface area contributed by atoms with Crippen LogP contribution in [0.15, 0.2) is 66.7 Å². The summed E-state index contributed by atoms with van der Waals surface area (Å²) in [5, 5.41) is 9.29. The highest BCUT2D eigenvalue weighted by atomic mass is 35.5. The molecule has 0 bridgehead atoms. The number of nitrogens with zero attached hydrogens (tertiary/aromatic N) is 2. The summed E-state index contributed by atoms with van der Waals surface area (Å²) in [5.74, 6) is 1.02. The third kappa shape index (κ3) is 5.16. The number of halogens is 1. The van der Waals surface area contributed by atoms with Gasteiger partial charge in [0.15, 0.2) is 0 Å². The van der Waals surface area contributed by atoms with Crippen molar-refractivity contribution in [1.82, 2.24) is 15.1 Å². The molecule has 5 rings (SSSR count). The van der Waals surface area contributed by atoms with Crippen molar-refractivity contribution in [2.75, 3.05) is 20.1 Å². The number of rotatable bonds is 7. The van der Waals surface area contributed by atoms with E-state index in [0.29, 0.717) is 17.9 Å². The van der Waals surface area contributed by atoms with E-state index in [9.17, 15) is 4.79 Å². The van der Waals surface area contributed by atoms with Crippen molar-refractivity contribution in [3.8, 4) is 17.0 Å². The molecule has 0 unspecified atom stereocenters. The monoisotopic (exact) mass is 473 g/mol. The number of Topliss-reactive ketones (excluding diaryl/α,β-unsaturated/α-hetero) is 1. The zero-order chi connectivity index (χ0) is 23.5. The number of carbonyl (C=O) groups excluding carboxylic acids is 1. The Morgan fingerprint density at radius 1 is 1.06 bits per heavy atom. The third-order valence-electron chi connectivity index (χ3n) is 6.47. The Labute approximate surface area is 204 Å². The van der Waals surface area contributed by atoms with E-state index < -0.39 is 0 Å². The van der Waals surface area contributed by atoms with Crippen LogP contribution in [0.2, 0.25) is 5.02 Å². The molecular weight excluding hydrogens is 446 g/mol. The Hall–Kier alpha value is -3.15. The first-order chi connectivity index (χ1) is 16.5. The Kier molecular flexibility index (Phi) is 6.66. The number of hydrogen-bond acceptors (Lipinski definition) is 4. The Morgan fingerprint density at radius 2 is 1.82 bits per heavy atom. The van der Waals surface area contributed by atoms with E-state index >= 15 is 0 Å². The largest absolute Gasteiger partial charge is 0.490 e. The van der Waals surface area contributed by atoms with E-state index in [1.54, 1.807) is 0 Å². The second-order valence-corrected chi connectivity index (χ2v) is 9.49. The second kappa shape index (κ2) is 10.00. The van der Waals surface area contributed by atoms with Crippen LogP contribution in [0.1, 0.15) is 24.0 Å². The molecule has 5 nitrogen and oxygen atoms in total. The summed E-state index contributed by atoms with van der Waals surface area (Å²) in [6.07, 6.45) is 3.07. The van der Waals surface area contributed by atoms with E-state index in [4.69, 9.17) is 16.3 Å². The number of aromatic nitrogens is 2. The number of likely N-dealkylation sites (tertiary alicyclic amines) is 1. The van der Waals surface area contributed by atoms with Gasteiger partial charge in [-0.15, -0.1) is 0 Å². The molecule has 4 aromatic rings. The van der Waals surface area contributed by atoms with E-state index in [0.717, 1.165) is 65.0 Å². The smallest absolute Gasteiger partial charge is 0.141 e. The van der Waals surface area contributed by atoms with Crippen molar-refractivity contribution in [2.45, 2.75) is 31.8 Å². The lowest BCUT2D eigenvalue weighted by Gasteiger charge is -2.29. The fourth-order valence-corrected chi connectivity index (χ4v) is 4.72. The number of carbonyl (C=O) groups is 1. The number of piperidine rings is 1. The minimum atomic E-state index is 0.132. The number of ketones is 1. The van der Waals surface area contributed by atoms with Gasteiger partial charge in [0, 0.05) is 41.9 Å². The second-order valence-electron chi connectivity index (χ2n) is 9.08. The third-order valence-corrected chi connectivity index (χ3v) is 6.84. The lowest BCUT2D eigenvalue weighted by molar-refractivity contribution is -0.117. The standard InChI is InChI=1S/C28H28ClN3O2/c1-32-14-12-24(13-15-32)34-23-9-7-20(8-10-23)28-25-17-19(6-11-27(25)30-31-28)16-22(33)18-21-4-2-3-5-26(21)29/h2-11,17,24H,12-16,18H2,1H3,(H,30,31). The first kappa shape index (κ1) is 22.6. The summed E-state index contributed by atoms with van der Waals surface area (Å²) in [5.41, 5.74) is 4.67. The van der Waals surface area contributed by atoms with Gasteiger partial charge in [-0.05, 0) is 73.5 Å². The van der Waals surface area contributed by atoms with Crippen LogP contribution in [0.3, 0.4) is 0 Å². The van der Waals surface area contributed by atoms with Crippen molar-refractivity contribution in [1.29, 1.82) is 0 Å². The number of H-pyrrole nitrogens is 1. The van der Waals surface area contributed by atoms with Gasteiger partial charge >= 0.3 is 0 Å². The van der Waals surface area contributed by atoms with Gasteiger partial charge in [0.05, 0.1) is 11.2 Å². The first-order valence-electron chi connectivity index (χ1n) is 11.7. The molecule has 0 saturated carbocycles. The first-order valence-corrected chi connectivity index (χ1v) is 12.1. The topological polar surface area (TPSA) is 58.2 Å². The van der Waals surface area contributed by atoms with E-state index in [1.807, 2.05) is 48.5 Å². The lowest BCUT2D eigenvalue weighted by atomic mass is 10.00. The van der Waals surface area contributed by atoms with Crippen LogP contribution >= 0.6 is 11.6 Å². The Bertz CT molecular complexity index is 1290. The highest BCUT2D eigenvalue weighted by Gasteiger charge is 2.18. The summed E-state index contributed by atoms with van der Waals surface area (Å²) in [7, 11) is 2.15. The molecule has 0 radical (unpaired) electrons. The maximum absolute atomic E-state index is 12.7. The molecule has 1 fully saturated rings. The van der Waals surface area contributed by atoms with E-state index in [1.165, 1.54) is 0 Å². The molecule has 0 atom stereocenters. The van der Waals surface area contributed by atoms with Gasteiger partial charge in [-0.25, -0.2) is 0 Å². The summed E-state index contributed by atoms with van der Waals surface area (Å²) in [6.45, 7) is 2.15. The van der Waals surface area contributed by atoms with Gasteiger partial charge in [0.1, 0.15) is 17.6 Å². The van der Waals surface area contributed by atoms with Crippen molar-refractivity contribution in [3.05, 3.63) is 82.9 Å². The van der Waals surface area contributed by atoms with Crippen molar-refractivity contribution >= 4 is 28.3 Å². The maximum atomic E-state index is 12.7. The molecule has 174 valence electrons. The SMILES string of the molecule is CN1CCC(Oc2ccc(-c3n[nH]c4ccc(CC(=O)Cc5ccccc5Cl)cc34)cc2)CC1. The quantitative estimate of drug-likeness (QED) is 0.373. The molecule has 6 heteroatoms. The minimum Gasteiger partial charge on any atom is -0.490 e. The number of hydrogen-bond donors (Lipinski definition) is 1. The number of aromatic amines is 1. The van der Waals surface area contributed by atoms with E-state index in [2.05, 4.69) is 40.3 Å². The molecule has 2 heterocycles. The normalized spacial score (nSPS) is 15.0. The Balaban J connectivity index is 1.30. The fraction of sp³-hybridized carbons (Fsp3) is 0.286.